The minimum Gasteiger partial charge on any atom is -0.462 e. The van der Waals surface area contributed by atoms with Crippen LogP contribution in [0.3, 0.4) is 0 Å². The molecule has 0 saturated heterocycles. The molecule has 10 nitrogen and oxygen atoms in total. The molecule has 0 aliphatic rings. The SMILES string of the molecule is CCCCOC(=O)c1ccc(-n2c(C)cc(/C=N\NC(=O)[C@H](COCc3ccccc3)NC(=O)OC(C)(C)C)c2C)cc1. The molecule has 10 heteroatoms. The Balaban J connectivity index is 1.66. The van der Waals surface area contributed by atoms with Gasteiger partial charge in [0.25, 0.3) is 5.91 Å². The fourth-order valence-corrected chi connectivity index (χ4v) is 4.20. The number of alkyl carbamates (subject to hydrolysis) is 1. The van der Waals surface area contributed by atoms with Crippen molar-refractivity contribution in [2.75, 3.05) is 13.2 Å². The number of nitrogens with zero attached hydrogens (tertiary/aromatic N) is 2. The van der Waals surface area contributed by atoms with Crippen LogP contribution < -0.4 is 10.7 Å². The molecule has 2 N–H and O–H groups in total. The molecule has 0 aliphatic heterocycles. The summed E-state index contributed by atoms with van der Waals surface area (Å²) >= 11 is 0. The van der Waals surface area contributed by atoms with E-state index in [1.165, 1.54) is 0 Å². The number of benzene rings is 2. The van der Waals surface area contributed by atoms with Crippen molar-refractivity contribution >= 4 is 24.2 Å². The minimum atomic E-state index is -1.03. The number of aromatic nitrogens is 1. The van der Waals surface area contributed by atoms with Crippen molar-refractivity contribution in [1.82, 2.24) is 15.3 Å². The Morgan fingerprint density at radius 1 is 1.02 bits per heavy atom. The second-order valence-corrected chi connectivity index (χ2v) is 11.1. The van der Waals surface area contributed by atoms with Gasteiger partial charge in [-0.3, -0.25) is 4.79 Å². The summed E-state index contributed by atoms with van der Waals surface area (Å²) in [6, 6.07) is 17.6. The molecule has 3 rings (SSSR count). The van der Waals surface area contributed by atoms with Crippen LogP contribution >= 0.6 is 0 Å². The fourth-order valence-electron chi connectivity index (χ4n) is 4.20. The normalized spacial score (nSPS) is 12.1. The van der Waals surface area contributed by atoms with Crippen molar-refractivity contribution in [2.45, 2.75) is 72.6 Å². The van der Waals surface area contributed by atoms with E-state index in [0.29, 0.717) is 12.2 Å². The summed E-state index contributed by atoms with van der Waals surface area (Å²) in [6.45, 7) is 11.8. The van der Waals surface area contributed by atoms with E-state index < -0.39 is 23.6 Å². The number of nitrogens with one attached hydrogen (secondary N) is 2. The smallest absolute Gasteiger partial charge is 0.408 e. The van der Waals surface area contributed by atoms with Gasteiger partial charge in [-0.05, 0) is 76.9 Å². The maximum absolute atomic E-state index is 13.0. The van der Waals surface area contributed by atoms with Crippen LogP contribution in [-0.4, -0.2) is 53.6 Å². The van der Waals surface area contributed by atoms with Crippen molar-refractivity contribution in [2.24, 2.45) is 5.10 Å². The number of amides is 2. The van der Waals surface area contributed by atoms with Crippen molar-refractivity contribution in [3.05, 3.63) is 88.7 Å². The average Bonchev–Trinajstić information content (AvgIpc) is 3.24. The van der Waals surface area contributed by atoms with Gasteiger partial charge in [0.2, 0.25) is 0 Å². The number of ether oxygens (including phenoxy) is 3. The Morgan fingerprint density at radius 3 is 2.37 bits per heavy atom. The molecule has 0 bridgehead atoms. The molecular weight excluding hydrogens is 548 g/mol. The fraction of sp³-hybridized carbons (Fsp3) is 0.394. The van der Waals surface area contributed by atoms with Crippen LogP contribution in [0.15, 0.2) is 65.8 Å². The number of hydrazone groups is 1. The van der Waals surface area contributed by atoms with Gasteiger partial charge < -0.3 is 24.1 Å². The summed E-state index contributed by atoms with van der Waals surface area (Å²) in [4.78, 5) is 37.7. The highest BCUT2D eigenvalue weighted by Gasteiger charge is 2.25. The Bertz CT molecular complexity index is 1390. The first-order valence-electron chi connectivity index (χ1n) is 14.4. The standard InChI is InChI=1S/C33H42N4O6/c1-7-8-18-42-31(39)26-14-16-28(17-15-26)37-23(2)19-27(24(37)3)20-34-36-30(38)29(35-32(40)43-33(4,5)6)22-41-21-25-12-10-9-11-13-25/h9-17,19-20,29H,7-8,18,21-22H2,1-6H3,(H,35,40)(H,36,38)/b34-20-/t29-/m0/s1. The Kier molecular flexibility index (Phi) is 12.1. The van der Waals surface area contributed by atoms with Crippen LogP contribution in [0.1, 0.15) is 73.4 Å². The summed E-state index contributed by atoms with van der Waals surface area (Å²) < 4.78 is 18.4. The maximum Gasteiger partial charge on any atom is 0.408 e. The summed E-state index contributed by atoms with van der Waals surface area (Å²) in [7, 11) is 0. The van der Waals surface area contributed by atoms with E-state index >= 15 is 0 Å². The van der Waals surface area contributed by atoms with Crippen LogP contribution in [0.5, 0.6) is 0 Å². The molecule has 43 heavy (non-hydrogen) atoms. The molecule has 0 unspecified atom stereocenters. The zero-order chi connectivity index (χ0) is 31.4. The number of unbranched alkanes of at least 4 members (excludes halogenated alkanes) is 1. The predicted molar refractivity (Wildman–Crippen MR) is 165 cm³/mol. The van der Waals surface area contributed by atoms with Gasteiger partial charge >= 0.3 is 12.1 Å². The van der Waals surface area contributed by atoms with Crippen LogP contribution in [0, 0.1) is 13.8 Å². The van der Waals surface area contributed by atoms with E-state index in [1.807, 2.05) is 73.9 Å². The minimum absolute atomic E-state index is 0.0772. The number of rotatable bonds is 13. The van der Waals surface area contributed by atoms with Gasteiger partial charge in [-0.15, -0.1) is 0 Å². The molecule has 1 aromatic heterocycles. The lowest BCUT2D eigenvalue weighted by Gasteiger charge is -2.22. The Morgan fingerprint density at radius 2 is 1.72 bits per heavy atom. The van der Waals surface area contributed by atoms with Gasteiger partial charge in [0.05, 0.1) is 31.6 Å². The van der Waals surface area contributed by atoms with E-state index in [2.05, 4.69) is 15.8 Å². The highest BCUT2D eigenvalue weighted by molar-refractivity contribution is 5.90. The monoisotopic (exact) mass is 590 g/mol. The Hall–Kier alpha value is -4.44. The first kappa shape index (κ1) is 33.1. The number of aryl methyl sites for hydroxylation is 1. The van der Waals surface area contributed by atoms with Gasteiger partial charge in [0.15, 0.2) is 0 Å². The molecule has 0 fully saturated rings. The lowest BCUT2D eigenvalue weighted by atomic mass is 10.2. The van der Waals surface area contributed by atoms with Gasteiger partial charge in [-0.25, -0.2) is 15.0 Å². The topological polar surface area (TPSA) is 120 Å². The predicted octanol–water partition coefficient (Wildman–Crippen LogP) is 5.61. The molecule has 1 atom stereocenters. The van der Waals surface area contributed by atoms with E-state index in [-0.39, 0.29) is 19.2 Å². The van der Waals surface area contributed by atoms with Gasteiger partial charge in [0, 0.05) is 22.6 Å². The molecule has 2 amide bonds. The van der Waals surface area contributed by atoms with Crippen LogP contribution in [0.25, 0.3) is 5.69 Å². The summed E-state index contributed by atoms with van der Waals surface area (Å²) in [6.07, 6.45) is 2.61. The van der Waals surface area contributed by atoms with E-state index in [1.54, 1.807) is 39.1 Å². The molecule has 1 heterocycles. The zero-order valence-corrected chi connectivity index (χ0v) is 25.8. The third-order valence-corrected chi connectivity index (χ3v) is 6.34. The number of esters is 1. The van der Waals surface area contributed by atoms with E-state index in [4.69, 9.17) is 14.2 Å². The lowest BCUT2D eigenvalue weighted by Crippen LogP contribution is -2.49. The molecule has 0 spiro atoms. The summed E-state index contributed by atoms with van der Waals surface area (Å²) in [5, 5.41) is 6.72. The Labute approximate surface area is 253 Å². The number of carbonyl (C=O) groups is 3. The molecule has 0 saturated carbocycles. The average molecular weight is 591 g/mol. The highest BCUT2D eigenvalue weighted by Crippen LogP contribution is 2.20. The van der Waals surface area contributed by atoms with Crippen molar-refractivity contribution in [3.8, 4) is 5.69 Å². The third kappa shape index (κ3) is 10.4. The molecule has 3 aromatic rings. The number of carbonyl (C=O) groups excluding carboxylic acids is 3. The van der Waals surface area contributed by atoms with Crippen LogP contribution in [0.2, 0.25) is 0 Å². The summed E-state index contributed by atoms with van der Waals surface area (Å²) in [5.41, 5.74) is 6.71. The second kappa shape index (κ2) is 15.7. The molecule has 230 valence electrons. The van der Waals surface area contributed by atoms with E-state index in [9.17, 15) is 14.4 Å². The first-order valence-corrected chi connectivity index (χ1v) is 14.4. The molecule has 0 radical (unpaired) electrons. The zero-order valence-electron chi connectivity index (χ0n) is 25.8. The largest absolute Gasteiger partial charge is 0.462 e. The highest BCUT2D eigenvalue weighted by atomic mass is 16.6. The number of hydrogen-bond acceptors (Lipinski definition) is 7. The van der Waals surface area contributed by atoms with Gasteiger partial charge in [-0.2, -0.15) is 5.10 Å². The molecular formula is C33H42N4O6. The van der Waals surface area contributed by atoms with Gasteiger partial charge in [-0.1, -0.05) is 43.7 Å². The maximum atomic E-state index is 13.0. The van der Waals surface area contributed by atoms with Crippen molar-refractivity contribution in [3.63, 3.8) is 0 Å². The van der Waals surface area contributed by atoms with Crippen LogP contribution in [-0.2, 0) is 25.6 Å². The third-order valence-electron chi connectivity index (χ3n) is 6.34. The number of hydrogen-bond donors (Lipinski definition) is 2. The van der Waals surface area contributed by atoms with Crippen molar-refractivity contribution in [1.29, 1.82) is 0 Å². The second-order valence-electron chi connectivity index (χ2n) is 11.1. The lowest BCUT2D eigenvalue weighted by molar-refractivity contribution is -0.124. The first-order chi connectivity index (χ1) is 20.5. The molecule has 0 aliphatic carbocycles. The van der Waals surface area contributed by atoms with Crippen LogP contribution in [0.4, 0.5) is 4.79 Å². The molecule has 2 aromatic carbocycles. The quantitative estimate of drug-likeness (QED) is 0.116. The van der Waals surface area contributed by atoms with E-state index in [0.717, 1.165) is 41.0 Å². The van der Waals surface area contributed by atoms with Gasteiger partial charge in [0.1, 0.15) is 11.6 Å². The van der Waals surface area contributed by atoms with Crippen molar-refractivity contribution < 1.29 is 28.6 Å². The summed E-state index contributed by atoms with van der Waals surface area (Å²) in [5.74, 6) is -0.889.